The second-order valence-corrected chi connectivity index (χ2v) is 2.21. The molecule has 0 spiro atoms. The van der Waals surface area contributed by atoms with Crippen LogP contribution >= 0.6 is 0 Å². The predicted molar refractivity (Wildman–Crippen MR) is 45.0 cm³/mol. The first-order valence-corrected chi connectivity index (χ1v) is 3.09. The Kier molecular flexibility index (Phi) is 1.94. The van der Waals surface area contributed by atoms with Gasteiger partial charge >= 0.3 is 0 Å². The van der Waals surface area contributed by atoms with E-state index in [1.807, 2.05) is 6.07 Å². The van der Waals surface area contributed by atoms with Crippen LogP contribution in [0.25, 0.3) is 10.9 Å². The lowest BCUT2D eigenvalue weighted by Gasteiger charge is -1.87. The van der Waals surface area contributed by atoms with Gasteiger partial charge < -0.3 is 4.98 Å². The minimum atomic E-state index is -0.199. The summed E-state index contributed by atoms with van der Waals surface area (Å²) in [6.45, 7) is 0. The van der Waals surface area contributed by atoms with Crippen LogP contribution in [0.2, 0.25) is 0 Å². The van der Waals surface area contributed by atoms with Crippen molar-refractivity contribution in [3.05, 3.63) is 36.3 Å². The first-order chi connectivity index (χ1) is 4.86. The van der Waals surface area contributed by atoms with E-state index >= 15 is 0 Å². The van der Waals surface area contributed by atoms with Crippen molar-refractivity contribution in [3.8, 4) is 0 Å². The molecule has 2 aromatic rings. The SMILES string of the molecule is C.Fc1ccc2cc[nH]c2c1. The van der Waals surface area contributed by atoms with Crippen molar-refractivity contribution >= 4 is 10.9 Å². The normalized spacial score (nSPS) is 9.55. The highest BCUT2D eigenvalue weighted by Gasteiger charge is 1.93. The molecule has 1 N–H and O–H groups in total. The zero-order valence-corrected chi connectivity index (χ0v) is 5.26. The summed E-state index contributed by atoms with van der Waals surface area (Å²) in [5.41, 5.74) is 0.847. The number of hydrogen-bond acceptors (Lipinski definition) is 0. The van der Waals surface area contributed by atoms with Crippen molar-refractivity contribution in [1.29, 1.82) is 0 Å². The molecular formula is C9H10FN. The maximum atomic E-state index is 12.5. The predicted octanol–water partition coefficient (Wildman–Crippen LogP) is 2.94. The van der Waals surface area contributed by atoms with Gasteiger partial charge in [-0.05, 0) is 29.7 Å². The van der Waals surface area contributed by atoms with Crippen molar-refractivity contribution in [2.24, 2.45) is 0 Å². The molecule has 0 aliphatic rings. The van der Waals surface area contributed by atoms with Crippen LogP contribution in [-0.2, 0) is 0 Å². The third-order valence-corrected chi connectivity index (χ3v) is 1.52. The van der Waals surface area contributed by atoms with Crippen LogP contribution < -0.4 is 0 Å². The van der Waals surface area contributed by atoms with E-state index in [9.17, 15) is 4.39 Å². The van der Waals surface area contributed by atoms with Gasteiger partial charge in [0.05, 0.1) is 0 Å². The number of hydrogen-bond donors (Lipinski definition) is 1. The molecule has 2 heteroatoms. The number of halogens is 1. The lowest BCUT2D eigenvalue weighted by atomic mass is 10.2. The molecule has 0 radical (unpaired) electrons. The molecule has 11 heavy (non-hydrogen) atoms. The van der Waals surface area contributed by atoms with Gasteiger partial charge in [0.1, 0.15) is 5.82 Å². The molecule has 0 fully saturated rings. The summed E-state index contributed by atoms with van der Waals surface area (Å²) in [4.78, 5) is 2.92. The van der Waals surface area contributed by atoms with Gasteiger partial charge in [0.25, 0.3) is 0 Å². The van der Waals surface area contributed by atoms with Gasteiger partial charge in [0.2, 0.25) is 0 Å². The van der Waals surface area contributed by atoms with Crippen molar-refractivity contribution in [2.45, 2.75) is 7.43 Å². The number of fused-ring (bicyclic) bond motifs is 1. The number of aromatic amines is 1. The van der Waals surface area contributed by atoms with Gasteiger partial charge in [-0.3, -0.25) is 0 Å². The van der Waals surface area contributed by atoms with Crippen LogP contribution in [0.5, 0.6) is 0 Å². The Bertz CT molecular complexity index is 351. The maximum absolute atomic E-state index is 12.5. The standard InChI is InChI=1S/C8H6FN.CH4/c9-7-2-1-6-3-4-10-8(6)5-7;/h1-5,10H;1H4. The molecule has 0 atom stereocenters. The number of H-pyrrole nitrogens is 1. The summed E-state index contributed by atoms with van der Waals surface area (Å²) in [5.74, 6) is -0.199. The fraction of sp³-hybridized carbons (Fsp3) is 0.111. The summed E-state index contributed by atoms with van der Waals surface area (Å²) in [6.07, 6.45) is 1.80. The second-order valence-electron chi connectivity index (χ2n) is 2.21. The van der Waals surface area contributed by atoms with Gasteiger partial charge in [0.15, 0.2) is 0 Å². The molecule has 0 amide bonds. The Morgan fingerprint density at radius 2 is 2.00 bits per heavy atom. The van der Waals surface area contributed by atoms with Gasteiger partial charge in [-0.1, -0.05) is 7.43 Å². The van der Waals surface area contributed by atoms with Crippen LogP contribution in [0, 0.1) is 5.82 Å². The summed E-state index contributed by atoms with van der Waals surface area (Å²) in [7, 11) is 0. The third kappa shape index (κ3) is 1.24. The van der Waals surface area contributed by atoms with Crippen LogP contribution in [0.1, 0.15) is 7.43 Å². The number of rotatable bonds is 0. The molecule has 58 valence electrons. The number of aromatic nitrogens is 1. The van der Waals surface area contributed by atoms with E-state index in [4.69, 9.17) is 0 Å². The highest BCUT2D eigenvalue weighted by molar-refractivity contribution is 5.78. The van der Waals surface area contributed by atoms with Gasteiger partial charge in [0, 0.05) is 11.7 Å². The van der Waals surface area contributed by atoms with Crippen LogP contribution in [0.4, 0.5) is 4.39 Å². The molecular weight excluding hydrogens is 141 g/mol. The van der Waals surface area contributed by atoms with E-state index in [1.165, 1.54) is 12.1 Å². The first kappa shape index (κ1) is 7.79. The molecule has 1 aromatic heterocycles. The molecule has 1 aromatic carbocycles. The Labute approximate surface area is 64.9 Å². The third-order valence-electron chi connectivity index (χ3n) is 1.52. The topological polar surface area (TPSA) is 15.8 Å². The Balaban J connectivity index is 0.000000605. The van der Waals surface area contributed by atoms with Crippen LogP contribution in [0.3, 0.4) is 0 Å². The molecule has 2 rings (SSSR count). The molecule has 1 nitrogen and oxygen atoms in total. The van der Waals surface area contributed by atoms with E-state index in [1.54, 1.807) is 12.3 Å². The highest BCUT2D eigenvalue weighted by Crippen LogP contribution is 2.12. The van der Waals surface area contributed by atoms with E-state index in [2.05, 4.69) is 4.98 Å². The Morgan fingerprint density at radius 3 is 2.82 bits per heavy atom. The minimum Gasteiger partial charge on any atom is -0.361 e. The van der Waals surface area contributed by atoms with Crippen LogP contribution in [-0.4, -0.2) is 4.98 Å². The highest BCUT2D eigenvalue weighted by atomic mass is 19.1. The van der Waals surface area contributed by atoms with E-state index in [-0.39, 0.29) is 13.2 Å². The monoisotopic (exact) mass is 151 g/mol. The summed E-state index contributed by atoms with van der Waals surface area (Å²) < 4.78 is 12.5. The summed E-state index contributed by atoms with van der Waals surface area (Å²) >= 11 is 0. The van der Waals surface area contributed by atoms with E-state index in [0.29, 0.717) is 0 Å². The molecule has 0 saturated carbocycles. The molecule has 0 unspecified atom stereocenters. The summed E-state index contributed by atoms with van der Waals surface area (Å²) in [5, 5.41) is 1.04. The maximum Gasteiger partial charge on any atom is 0.125 e. The van der Waals surface area contributed by atoms with Crippen molar-refractivity contribution in [3.63, 3.8) is 0 Å². The molecule has 1 heterocycles. The number of nitrogens with one attached hydrogen (secondary N) is 1. The van der Waals surface area contributed by atoms with Crippen molar-refractivity contribution < 1.29 is 4.39 Å². The largest absolute Gasteiger partial charge is 0.361 e. The van der Waals surface area contributed by atoms with E-state index in [0.717, 1.165) is 10.9 Å². The first-order valence-electron chi connectivity index (χ1n) is 3.09. The smallest absolute Gasteiger partial charge is 0.125 e. The fourth-order valence-electron chi connectivity index (χ4n) is 1.02. The average Bonchev–Trinajstić information content (AvgIpc) is 2.33. The van der Waals surface area contributed by atoms with Crippen molar-refractivity contribution in [2.75, 3.05) is 0 Å². The van der Waals surface area contributed by atoms with Gasteiger partial charge in [-0.15, -0.1) is 0 Å². The molecule has 0 aliphatic heterocycles. The molecule has 0 saturated heterocycles. The lowest BCUT2D eigenvalue weighted by Crippen LogP contribution is -1.71. The van der Waals surface area contributed by atoms with Gasteiger partial charge in [-0.2, -0.15) is 0 Å². The summed E-state index contributed by atoms with van der Waals surface area (Å²) in [6, 6.07) is 6.60. The average molecular weight is 151 g/mol. The quantitative estimate of drug-likeness (QED) is 0.595. The lowest BCUT2D eigenvalue weighted by molar-refractivity contribution is 0.629. The molecule has 0 aliphatic carbocycles. The van der Waals surface area contributed by atoms with Crippen molar-refractivity contribution in [1.82, 2.24) is 4.98 Å². The molecule has 0 bridgehead atoms. The second kappa shape index (κ2) is 2.74. The Morgan fingerprint density at radius 1 is 1.18 bits per heavy atom. The fourth-order valence-corrected chi connectivity index (χ4v) is 1.02. The zero-order chi connectivity index (χ0) is 6.97. The minimum absolute atomic E-state index is 0. The van der Waals surface area contributed by atoms with E-state index < -0.39 is 0 Å². The van der Waals surface area contributed by atoms with Gasteiger partial charge in [-0.25, -0.2) is 4.39 Å². The Hall–Kier alpha value is -1.31. The zero-order valence-electron chi connectivity index (χ0n) is 5.26. The van der Waals surface area contributed by atoms with Crippen LogP contribution in [0.15, 0.2) is 30.5 Å². The number of benzene rings is 1.